The average Bonchev–Trinajstić information content (AvgIpc) is 2.82. The van der Waals surface area contributed by atoms with Crippen LogP contribution in [0.2, 0.25) is 5.28 Å². The first-order chi connectivity index (χ1) is 9.65. The molecule has 0 aliphatic carbocycles. The molecule has 0 N–H and O–H groups in total. The van der Waals surface area contributed by atoms with Crippen molar-refractivity contribution in [3.05, 3.63) is 16.2 Å². The van der Waals surface area contributed by atoms with Crippen LogP contribution in [0.5, 0.6) is 0 Å². The van der Waals surface area contributed by atoms with Crippen molar-refractivity contribution >= 4 is 44.9 Å². The standard InChI is InChI=1S/C14H18ClN3S2/c1-9-3-5-18(6-4-9)8-10-7-11-12(20-10)13(19-2)17-14(15)16-11/h7,9H,3-6,8H2,1-2H3. The molecule has 3 heterocycles. The van der Waals surface area contributed by atoms with Crippen LogP contribution in [0.15, 0.2) is 11.1 Å². The van der Waals surface area contributed by atoms with E-state index in [4.69, 9.17) is 11.6 Å². The van der Waals surface area contributed by atoms with E-state index in [1.807, 2.05) is 6.26 Å². The van der Waals surface area contributed by atoms with Gasteiger partial charge in [0.2, 0.25) is 5.28 Å². The lowest BCUT2D eigenvalue weighted by atomic mass is 9.99. The van der Waals surface area contributed by atoms with E-state index in [0.717, 1.165) is 23.0 Å². The van der Waals surface area contributed by atoms with E-state index in [0.29, 0.717) is 5.28 Å². The maximum Gasteiger partial charge on any atom is 0.224 e. The zero-order valence-electron chi connectivity index (χ0n) is 11.7. The van der Waals surface area contributed by atoms with Gasteiger partial charge < -0.3 is 0 Å². The molecule has 0 spiro atoms. The number of piperidine rings is 1. The summed E-state index contributed by atoms with van der Waals surface area (Å²) in [6.07, 6.45) is 4.66. The molecule has 3 rings (SSSR count). The fourth-order valence-electron chi connectivity index (χ4n) is 2.58. The van der Waals surface area contributed by atoms with Crippen molar-refractivity contribution in [1.82, 2.24) is 14.9 Å². The van der Waals surface area contributed by atoms with Crippen molar-refractivity contribution in [2.75, 3.05) is 19.3 Å². The van der Waals surface area contributed by atoms with Crippen molar-refractivity contribution in [2.24, 2.45) is 5.92 Å². The summed E-state index contributed by atoms with van der Waals surface area (Å²) in [5.74, 6) is 0.876. The van der Waals surface area contributed by atoms with Crippen LogP contribution in [0.25, 0.3) is 10.2 Å². The molecule has 0 atom stereocenters. The molecule has 1 saturated heterocycles. The van der Waals surface area contributed by atoms with Gasteiger partial charge in [-0.05, 0) is 55.8 Å². The molecule has 20 heavy (non-hydrogen) atoms. The minimum Gasteiger partial charge on any atom is -0.298 e. The second kappa shape index (κ2) is 6.18. The van der Waals surface area contributed by atoms with Crippen LogP contribution >= 0.6 is 34.7 Å². The monoisotopic (exact) mass is 327 g/mol. The lowest BCUT2D eigenvalue weighted by molar-refractivity contribution is 0.187. The van der Waals surface area contributed by atoms with Gasteiger partial charge in [-0.15, -0.1) is 23.1 Å². The highest BCUT2D eigenvalue weighted by Crippen LogP contribution is 2.33. The molecule has 2 aromatic rings. The van der Waals surface area contributed by atoms with Crippen LogP contribution in [-0.2, 0) is 6.54 Å². The van der Waals surface area contributed by atoms with Gasteiger partial charge >= 0.3 is 0 Å². The fourth-order valence-corrected chi connectivity index (χ4v) is 4.67. The third kappa shape index (κ3) is 3.11. The van der Waals surface area contributed by atoms with Crippen LogP contribution in [0.4, 0.5) is 0 Å². The first kappa shape index (κ1) is 14.6. The predicted octanol–water partition coefficient (Wildman–Crippen LogP) is 4.30. The number of thioether (sulfide) groups is 1. The topological polar surface area (TPSA) is 29.0 Å². The maximum atomic E-state index is 5.98. The third-order valence-electron chi connectivity index (χ3n) is 3.81. The van der Waals surface area contributed by atoms with Gasteiger partial charge in [-0.2, -0.15) is 0 Å². The normalized spacial score (nSPS) is 17.9. The number of rotatable bonds is 3. The molecule has 1 fully saturated rings. The quantitative estimate of drug-likeness (QED) is 0.477. The van der Waals surface area contributed by atoms with Gasteiger partial charge in [0.05, 0.1) is 10.2 Å². The number of likely N-dealkylation sites (tertiary alicyclic amines) is 1. The lowest BCUT2D eigenvalue weighted by Gasteiger charge is -2.29. The Morgan fingerprint density at radius 3 is 2.85 bits per heavy atom. The highest BCUT2D eigenvalue weighted by molar-refractivity contribution is 7.98. The molecule has 6 heteroatoms. The van der Waals surface area contributed by atoms with E-state index in [1.165, 1.54) is 35.5 Å². The van der Waals surface area contributed by atoms with E-state index >= 15 is 0 Å². The average molecular weight is 328 g/mol. The van der Waals surface area contributed by atoms with Crippen molar-refractivity contribution in [3.8, 4) is 0 Å². The van der Waals surface area contributed by atoms with Gasteiger partial charge in [-0.3, -0.25) is 4.90 Å². The summed E-state index contributed by atoms with van der Waals surface area (Å²) in [5, 5.41) is 1.33. The molecule has 0 bridgehead atoms. The predicted molar refractivity (Wildman–Crippen MR) is 87.9 cm³/mol. The number of thiophene rings is 1. The Labute approximate surface area is 132 Å². The first-order valence-electron chi connectivity index (χ1n) is 6.88. The molecule has 0 aromatic carbocycles. The molecular weight excluding hydrogens is 310 g/mol. The van der Waals surface area contributed by atoms with Crippen molar-refractivity contribution in [3.63, 3.8) is 0 Å². The molecule has 0 saturated carbocycles. The minimum absolute atomic E-state index is 0.345. The first-order valence-corrected chi connectivity index (χ1v) is 9.30. The second-order valence-electron chi connectivity index (χ2n) is 5.39. The summed E-state index contributed by atoms with van der Waals surface area (Å²) in [5.41, 5.74) is 0.986. The summed E-state index contributed by atoms with van der Waals surface area (Å²) in [6.45, 7) is 5.78. The Kier molecular flexibility index (Phi) is 4.50. The smallest absolute Gasteiger partial charge is 0.224 e. The fraction of sp³-hybridized carbons (Fsp3) is 0.571. The second-order valence-corrected chi connectivity index (χ2v) is 7.66. The number of hydrogen-bond donors (Lipinski definition) is 0. The van der Waals surface area contributed by atoms with Crippen molar-refractivity contribution < 1.29 is 0 Å². The van der Waals surface area contributed by atoms with E-state index in [2.05, 4.69) is 27.9 Å². The Balaban J connectivity index is 1.82. The van der Waals surface area contributed by atoms with Crippen LogP contribution in [0.3, 0.4) is 0 Å². The number of nitrogens with zero attached hydrogens (tertiary/aromatic N) is 3. The summed E-state index contributed by atoms with van der Waals surface area (Å²) < 4.78 is 1.17. The third-order valence-corrected chi connectivity index (χ3v) is 5.91. The van der Waals surface area contributed by atoms with Gasteiger partial charge in [0, 0.05) is 11.4 Å². The Morgan fingerprint density at radius 1 is 1.40 bits per heavy atom. The number of aromatic nitrogens is 2. The van der Waals surface area contributed by atoms with Crippen LogP contribution in [0.1, 0.15) is 24.6 Å². The van der Waals surface area contributed by atoms with Crippen molar-refractivity contribution in [2.45, 2.75) is 31.3 Å². The summed E-state index contributed by atoms with van der Waals surface area (Å²) in [7, 11) is 0. The SMILES string of the molecule is CSc1nc(Cl)nc2cc(CN3CCC(C)CC3)sc12. The van der Waals surface area contributed by atoms with Gasteiger partial charge in [-0.25, -0.2) is 9.97 Å². The number of fused-ring (bicyclic) bond motifs is 1. The maximum absolute atomic E-state index is 5.98. The minimum atomic E-state index is 0.345. The molecule has 108 valence electrons. The molecular formula is C14H18ClN3S2. The van der Waals surface area contributed by atoms with Gasteiger partial charge in [0.25, 0.3) is 0 Å². The highest BCUT2D eigenvalue weighted by Gasteiger charge is 2.17. The largest absolute Gasteiger partial charge is 0.298 e. The molecule has 2 aromatic heterocycles. The Hall–Kier alpha value is -0.360. The molecule has 0 unspecified atom stereocenters. The zero-order valence-corrected chi connectivity index (χ0v) is 14.1. The number of halogens is 1. The molecule has 0 amide bonds. The molecule has 1 aliphatic rings. The van der Waals surface area contributed by atoms with Gasteiger partial charge in [0.1, 0.15) is 5.03 Å². The van der Waals surface area contributed by atoms with E-state index < -0.39 is 0 Å². The van der Waals surface area contributed by atoms with Gasteiger partial charge in [0.15, 0.2) is 0 Å². The van der Waals surface area contributed by atoms with Gasteiger partial charge in [-0.1, -0.05) is 6.92 Å². The van der Waals surface area contributed by atoms with Crippen LogP contribution in [-0.4, -0.2) is 34.2 Å². The van der Waals surface area contributed by atoms with Crippen LogP contribution < -0.4 is 0 Å². The van der Waals surface area contributed by atoms with Crippen LogP contribution in [0, 0.1) is 5.92 Å². The van der Waals surface area contributed by atoms with E-state index in [1.54, 1.807) is 23.1 Å². The molecule has 1 aliphatic heterocycles. The summed E-state index contributed by atoms with van der Waals surface area (Å²) >= 11 is 9.42. The Morgan fingerprint density at radius 2 is 2.15 bits per heavy atom. The zero-order chi connectivity index (χ0) is 14.1. The summed E-state index contributed by atoms with van der Waals surface area (Å²) in [6, 6.07) is 2.17. The molecule has 0 radical (unpaired) electrons. The highest BCUT2D eigenvalue weighted by atomic mass is 35.5. The number of hydrogen-bond acceptors (Lipinski definition) is 5. The van der Waals surface area contributed by atoms with E-state index in [9.17, 15) is 0 Å². The molecule has 3 nitrogen and oxygen atoms in total. The lowest BCUT2D eigenvalue weighted by Crippen LogP contribution is -2.32. The summed E-state index contributed by atoms with van der Waals surface area (Å²) in [4.78, 5) is 12.5. The van der Waals surface area contributed by atoms with E-state index in [-0.39, 0.29) is 0 Å². The van der Waals surface area contributed by atoms with Crippen molar-refractivity contribution in [1.29, 1.82) is 0 Å². The Bertz CT molecular complexity index is 606.